The van der Waals surface area contributed by atoms with Crippen molar-refractivity contribution in [2.75, 3.05) is 0 Å². The van der Waals surface area contributed by atoms with Crippen molar-refractivity contribution >= 4 is 11.4 Å². The van der Waals surface area contributed by atoms with Gasteiger partial charge in [-0.15, -0.1) is 4.72 Å². The van der Waals surface area contributed by atoms with Gasteiger partial charge in [0.1, 0.15) is 16.3 Å². The molecule has 0 spiro atoms. The zero-order valence-electron chi connectivity index (χ0n) is 13.7. The third-order valence-corrected chi connectivity index (χ3v) is 5.68. The minimum absolute atomic E-state index is 0.000619. The summed E-state index contributed by atoms with van der Waals surface area (Å²) in [5.41, 5.74) is 2.49. The molecule has 0 amide bonds. The first-order valence-corrected chi connectivity index (χ1v) is 9.02. The molecule has 0 bridgehead atoms. The Kier molecular flexibility index (Phi) is 4.49. The molecule has 0 aliphatic heterocycles. The van der Waals surface area contributed by atoms with E-state index in [0.29, 0.717) is 5.69 Å². The van der Waals surface area contributed by atoms with E-state index < -0.39 is 11.4 Å². The first-order chi connectivity index (χ1) is 10.9. The Hall–Kier alpha value is -1.37. The molecule has 124 valence electrons. The predicted molar refractivity (Wildman–Crippen MR) is 90.2 cm³/mol. The summed E-state index contributed by atoms with van der Waals surface area (Å²) >= 11 is -1.14. The van der Waals surface area contributed by atoms with Gasteiger partial charge in [0.25, 0.3) is 0 Å². The lowest BCUT2D eigenvalue weighted by Crippen LogP contribution is -2.42. The van der Waals surface area contributed by atoms with Crippen LogP contribution in [0.1, 0.15) is 50.9 Å². The molecule has 1 heterocycles. The van der Waals surface area contributed by atoms with Crippen LogP contribution in [-0.2, 0) is 17.8 Å². The molecule has 2 atom stereocenters. The van der Waals surface area contributed by atoms with Gasteiger partial charge in [-0.3, -0.25) is 0 Å². The van der Waals surface area contributed by atoms with Crippen molar-refractivity contribution in [3.8, 4) is 5.69 Å². The topological polar surface area (TPSA) is 52.9 Å². The Morgan fingerprint density at radius 2 is 2.09 bits per heavy atom. The minimum atomic E-state index is -1.14. The van der Waals surface area contributed by atoms with Crippen molar-refractivity contribution in [3.05, 3.63) is 47.5 Å². The number of rotatable bonds is 3. The van der Waals surface area contributed by atoms with Crippen LogP contribution in [-0.4, -0.2) is 19.1 Å². The number of nitrogens with one attached hydrogen (secondary N) is 1. The Labute approximate surface area is 139 Å². The molecule has 1 aromatic heterocycles. The average molecular weight is 335 g/mol. The van der Waals surface area contributed by atoms with E-state index >= 15 is 0 Å². The van der Waals surface area contributed by atoms with Crippen LogP contribution in [0.3, 0.4) is 0 Å². The number of fused-ring (bicyclic) bond motifs is 1. The van der Waals surface area contributed by atoms with E-state index in [2.05, 4.69) is 9.82 Å². The maximum atomic E-state index is 14.1. The third kappa shape index (κ3) is 3.29. The molecule has 1 unspecified atom stereocenters. The second-order valence-corrected chi connectivity index (χ2v) is 8.85. The van der Waals surface area contributed by atoms with E-state index in [1.54, 1.807) is 29.1 Å². The summed E-state index contributed by atoms with van der Waals surface area (Å²) in [5, 5.41) is 4.39. The quantitative estimate of drug-likeness (QED) is 0.874. The zero-order chi connectivity index (χ0) is 16.6. The zero-order valence-corrected chi connectivity index (χ0v) is 14.5. The van der Waals surface area contributed by atoms with Crippen LogP contribution in [0.15, 0.2) is 30.5 Å². The molecule has 2 aromatic rings. The van der Waals surface area contributed by atoms with Gasteiger partial charge in [-0.25, -0.2) is 9.07 Å². The molecule has 6 heteroatoms. The van der Waals surface area contributed by atoms with Crippen molar-refractivity contribution in [1.29, 1.82) is 0 Å². The second-order valence-electron chi connectivity index (χ2n) is 6.85. The van der Waals surface area contributed by atoms with Crippen LogP contribution in [0, 0.1) is 5.82 Å². The van der Waals surface area contributed by atoms with Gasteiger partial charge in [0.2, 0.25) is 0 Å². The fourth-order valence-electron chi connectivity index (χ4n) is 2.82. The van der Waals surface area contributed by atoms with Gasteiger partial charge in [0.15, 0.2) is 0 Å². The number of para-hydroxylation sites is 1. The number of halogens is 1. The maximum Gasteiger partial charge on any atom is 0.148 e. The normalized spacial score (nSPS) is 19.4. The first kappa shape index (κ1) is 16.5. The molecule has 1 aliphatic carbocycles. The van der Waals surface area contributed by atoms with E-state index in [0.717, 1.165) is 30.5 Å². The minimum Gasteiger partial charge on any atom is -0.598 e. The summed E-state index contributed by atoms with van der Waals surface area (Å²) in [5.74, 6) is -0.285. The van der Waals surface area contributed by atoms with E-state index in [9.17, 15) is 8.94 Å². The number of hydrogen-bond acceptors (Lipinski definition) is 3. The fourth-order valence-corrected chi connectivity index (χ4v) is 3.67. The molecule has 4 nitrogen and oxygen atoms in total. The maximum absolute atomic E-state index is 14.1. The van der Waals surface area contributed by atoms with Crippen LogP contribution in [0.25, 0.3) is 5.69 Å². The van der Waals surface area contributed by atoms with E-state index in [4.69, 9.17) is 0 Å². The van der Waals surface area contributed by atoms with Crippen molar-refractivity contribution in [3.63, 3.8) is 0 Å². The number of nitrogens with zero attached hydrogens (tertiary/aromatic N) is 2. The highest BCUT2D eigenvalue weighted by molar-refractivity contribution is 7.90. The Morgan fingerprint density at radius 3 is 2.78 bits per heavy atom. The number of hydrogen-bond donors (Lipinski definition) is 1. The smallest absolute Gasteiger partial charge is 0.148 e. The largest absolute Gasteiger partial charge is 0.598 e. The standard InChI is InChI=1S/C17H22FN3OS/c1-17(2,3)23(22)20-14-8-6-10-15-12(14)11-19-21(15)16-9-5-4-7-13(16)18/h4-5,7,9,11,14,20H,6,8,10H2,1-3H3/t14?,23-/m1/s1. The van der Waals surface area contributed by atoms with E-state index in [1.165, 1.54) is 6.07 Å². The molecule has 3 rings (SSSR count). The molecule has 0 saturated heterocycles. The summed E-state index contributed by atoms with van der Waals surface area (Å²) in [7, 11) is 0. The average Bonchev–Trinajstić information content (AvgIpc) is 2.91. The third-order valence-electron chi connectivity index (χ3n) is 4.07. The molecule has 0 radical (unpaired) electrons. The van der Waals surface area contributed by atoms with Crippen LogP contribution in [0.5, 0.6) is 0 Å². The molecule has 1 aromatic carbocycles. The highest BCUT2D eigenvalue weighted by Gasteiger charge is 2.33. The van der Waals surface area contributed by atoms with Crippen LogP contribution in [0.2, 0.25) is 0 Å². The number of benzene rings is 1. The summed E-state index contributed by atoms with van der Waals surface area (Å²) in [6.45, 7) is 5.84. The Balaban J connectivity index is 1.92. The van der Waals surface area contributed by atoms with Gasteiger partial charge >= 0.3 is 0 Å². The molecule has 1 N–H and O–H groups in total. The van der Waals surface area contributed by atoms with Gasteiger partial charge in [-0.05, 0) is 52.2 Å². The summed E-state index contributed by atoms with van der Waals surface area (Å²) in [6.07, 6.45) is 4.51. The molecule has 1 aliphatic rings. The van der Waals surface area contributed by atoms with Crippen molar-refractivity contribution in [2.45, 2.75) is 50.8 Å². The van der Waals surface area contributed by atoms with Crippen molar-refractivity contribution in [2.24, 2.45) is 0 Å². The van der Waals surface area contributed by atoms with Crippen molar-refractivity contribution in [1.82, 2.24) is 14.5 Å². The molecule has 0 fully saturated rings. The summed E-state index contributed by atoms with van der Waals surface area (Å²) < 4.78 is 31.0. The monoisotopic (exact) mass is 335 g/mol. The van der Waals surface area contributed by atoms with Crippen LogP contribution in [0.4, 0.5) is 4.39 Å². The molecular formula is C17H22FN3OS. The van der Waals surface area contributed by atoms with E-state index in [1.807, 2.05) is 20.8 Å². The van der Waals surface area contributed by atoms with Gasteiger partial charge in [-0.1, -0.05) is 12.1 Å². The SMILES string of the molecule is CC(C)(C)[S@@+]([O-])NC1CCCc2c1cnn2-c1ccccc1F. The molecular weight excluding hydrogens is 313 g/mol. The predicted octanol–water partition coefficient (Wildman–Crippen LogP) is 3.44. The lowest BCUT2D eigenvalue weighted by atomic mass is 9.94. The lowest BCUT2D eigenvalue weighted by Gasteiger charge is -2.30. The molecule has 0 saturated carbocycles. The first-order valence-electron chi connectivity index (χ1n) is 7.87. The molecule has 23 heavy (non-hydrogen) atoms. The fraction of sp³-hybridized carbons (Fsp3) is 0.471. The lowest BCUT2D eigenvalue weighted by molar-refractivity contribution is 0.485. The second kappa shape index (κ2) is 6.26. The van der Waals surface area contributed by atoms with Gasteiger partial charge in [0.05, 0.1) is 12.2 Å². The highest BCUT2D eigenvalue weighted by atomic mass is 32.2. The summed E-state index contributed by atoms with van der Waals surface area (Å²) in [4.78, 5) is 0. The number of aromatic nitrogens is 2. The van der Waals surface area contributed by atoms with Gasteiger partial charge < -0.3 is 4.55 Å². The van der Waals surface area contributed by atoms with Crippen LogP contribution >= 0.6 is 0 Å². The summed E-state index contributed by atoms with van der Waals surface area (Å²) in [6, 6.07) is 6.65. The van der Waals surface area contributed by atoms with E-state index in [-0.39, 0.29) is 16.6 Å². The Morgan fingerprint density at radius 1 is 1.35 bits per heavy atom. The Bertz CT molecular complexity index is 695. The van der Waals surface area contributed by atoms with Gasteiger partial charge in [-0.2, -0.15) is 5.10 Å². The van der Waals surface area contributed by atoms with Crippen LogP contribution < -0.4 is 4.72 Å². The van der Waals surface area contributed by atoms with Gasteiger partial charge in [0, 0.05) is 22.6 Å². The van der Waals surface area contributed by atoms with Crippen molar-refractivity contribution < 1.29 is 8.94 Å². The highest BCUT2D eigenvalue weighted by Crippen LogP contribution is 2.33.